The molecular weight excluding hydrogens is 234 g/mol. The van der Waals surface area contributed by atoms with Gasteiger partial charge >= 0.3 is 0 Å². The largest absolute Gasteiger partial charge is 0.246 e. The minimum atomic E-state index is 0.563. The number of aromatic nitrogens is 1. The SMILES string of the molecule is CCc1nc(C(C)C)sc1CBr. The zero-order valence-corrected chi connectivity index (χ0v) is 10.1. The molecule has 0 aromatic carbocycles. The monoisotopic (exact) mass is 247 g/mol. The fourth-order valence-corrected chi connectivity index (χ4v) is 2.70. The summed E-state index contributed by atoms with van der Waals surface area (Å²) in [5.74, 6) is 0.563. The van der Waals surface area contributed by atoms with Gasteiger partial charge < -0.3 is 0 Å². The fraction of sp³-hybridized carbons (Fsp3) is 0.667. The van der Waals surface area contributed by atoms with Gasteiger partial charge in [0.1, 0.15) is 0 Å². The van der Waals surface area contributed by atoms with Crippen LogP contribution in [0, 0.1) is 0 Å². The predicted octanol–water partition coefficient (Wildman–Crippen LogP) is 3.72. The van der Waals surface area contributed by atoms with Crippen LogP contribution in [0.15, 0.2) is 0 Å². The van der Waals surface area contributed by atoms with E-state index in [0.29, 0.717) is 5.92 Å². The Hall–Kier alpha value is 0.110. The van der Waals surface area contributed by atoms with Crippen molar-refractivity contribution in [1.82, 2.24) is 4.98 Å². The highest BCUT2D eigenvalue weighted by Crippen LogP contribution is 2.26. The molecule has 1 heterocycles. The maximum absolute atomic E-state index is 4.59. The molecule has 1 aromatic heterocycles. The molecule has 12 heavy (non-hydrogen) atoms. The zero-order chi connectivity index (χ0) is 9.14. The molecule has 68 valence electrons. The molecule has 0 atom stereocenters. The van der Waals surface area contributed by atoms with Crippen LogP contribution < -0.4 is 0 Å². The Balaban J connectivity index is 2.97. The molecule has 0 aliphatic carbocycles. The lowest BCUT2D eigenvalue weighted by Gasteiger charge is -1.95. The molecule has 0 spiro atoms. The van der Waals surface area contributed by atoms with Gasteiger partial charge in [-0.3, -0.25) is 0 Å². The first-order valence-corrected chi connectivity index (χ1v) is 6.17. The van der Waals surface area contributed by atoms with Crippen molar-refractivity contribution in [3.8, 4) is 0 Å². The molecule has 0 bridgehead atoms. The van der Waals surface area contributed by atoms with E-state index in [1.54, 1.807) is 0 Å². The van der Waals surface area contributed by atoms with Gasteiger partial charge in [0.05, 0.1) is 10.7 Å². The number of aryl methyl sites for hydroxylation is 1. The summed E-state index contributed by atoms with van der Waals surface area (Å²) >= 11 is 5.32. The molecule has 0 aliphatic heterocycles. The van der Waals surface area contributed by atoms with Crippen LogP contribution in [0.5, 0.6) is 0 Å². The Labute approximate surface area is 86.3 Å². The van der Waals surface area contributed by atoms with E-state index in [1.165, 1.54) is 15.6 Å². The van der Waals surface area contributed by atoms with E-state index in [4.69, 9.17) is 0 Å². The van der Waals surface area contributed by atoms with Crippen molar-refractivity contribution in [2.45, 2.75) is 38.4 Å². The number of hydrogen-bond donors (Lipinski definition) is 0. The molecule has 0 radical (unpaired) electrons. The van der Waals surface area contributed by atoms with Crippen LogP contribution in [0.1, 0.15) is 42.3 Å². The molecule has 1 nitrogen and oxygen atoms in total. The predicted molar refractivity (Wildman–Crippen MR) is 58.2 cm³/mol. The number of halogens is 1. The second kappa shape index (κ2) is 4.38. The molecular formula is C9H14BrNS. The van der Waals surface area contributed by atoms with Crippen molar-refractivity contribution >= 4 is 27.3 Å². The van der Waals surface area contributed by atoms with Gasteiger partial charge in [-0.25, -0.2) is 4.98 Å². The molecule has 0 aliphatic rings. The average Bonchev–Trinajstić information content (AvgIpc) is 2.46. The third-order valence-electron chi connectivity index (χ3n) is 1.74. The van der Waals surface area contributed by atoms with Gasteiger partial charge in [0.2, 0.25) is 0 Å². The summed E-state index contributed by atoms with van der Waals surface area (Å²) in [4.78, 5) is 5.98. The zero-order valence-electron chi connectivity index (χ0n) is 7.72. The van der Waals surface area contributed by atoms with Crippen LogP contribution in [-0.2, 0) is 11.8 Å². The van der Waals surface area contributed by atoms with E-state index >= 15 is 0 Å². The lowest BCUT2D eigenvalue weighted by atomic mass is 10.2. The number of rotatable bonds is 3. The molecule has 1 rings (SSSR count). The number of nitrogens with zero attached hydrogens (tertiary/aromatic N) is 1. The smallest absolute Gasteiger partial charge is 0.0956 e. The molecule has 3 heteroatoms. The van der Waals surface area contributed by atoms with Crippen LogP contribution in [0.25, 0.3) is 0 Å². The van der Waals surface area contributed by atoms with Gasteiger partial charge in [-0.15, -0.1) is 11.3 Å². The Morgan fingerprint density at radius 1 is 1.50 bits per heavy atom. The maximum atomic E-state index is 4.59. The van der Waals surface area contributed by atoms with Gasteiger partial charge in [-0.2, -0.15) is 0 Å². The maximum Gasteiger partial charge on any atom is 0.0956 e. The summed E-state index contributed by atoms with van der Waals surface area (Å²) in [5, 5.41) is 2.21. The van der Waals surface area contributed by atoms with E-state index in [-0.39, 0.29) is 0 Å². The Kier molecular flexibility index (Phi) is 3.72. The van der Waals surface area contributed by atoms with Crippen LogP contribution in [-0.4, -0.2) is 4.98 Å². The summed E-state index contributed by atoms with van der Waals surface area (Å²) < 4.78 is 0. The lowest BCUT2D eigenvalue weighted by molar-refractivity contribution is 0.839. The molecule has 0 unspecified atom stereocenters. The minimum Gasteiger partial charge on any atom is -0.246 e. The van der Waals surface area contributed by atoms with Crippen molar-refractivity contribution in [2.75, 3.05) is 0 Å². The molecule has 0 amide bonds. The lowest BCUT2D eigenvalue weighted by Crippen LogP contribution is -1.87. The van der Waals surface area contributed by atoms with E-state index in [1.807, 2.05) is 11.3 Å². The summed E-state index contributed by atoms with van der Waals surface area (Å²) in [6.45, 7) is 6.54. The van der Waals surface area contributed by atoms with Crippen LogP contribution >= 0.6 is 27.3 Å². The van der Waals surface area contributed by atoms with Gasteiger partial charge in [0.15, 0.2) is 0 Å². The number of hydrogen-bond acceptors (Lipinski definition) is 2. The second-order valence-corrected chi connectivity index (χ2v) is 4.74. The average molecular weight is 248 g/mol. The fourth-order valence-electron chi connectivity index (χ4n) is 1.03. The van der Waals surface area contributed by atoms with Crippen LogP contribution in [0.2, 0.25) is 0 Å². The molecule has 1 aromatic rings. The number of alkyl halides is 1. The quantitative estimate of drug-likeness (QED) is 0.743. The van der Waals surface area contributed by atoms with E-state index < -0.39 is 0 Å². The summed E-state index contributed by atoms with van der Waals surface area (Å²) in [5.41, 5.74) is 1.26. The van der Waals surface area contributed by atoms with Crippen LogP contribution in [0.3, 0.4) is 0 Å². The normalized spacial score (nSPS) is 11.1. The Bertz CT molecular complexity index is 234. The van der Waals surface area contributed by atoms with Crippen molar-refractivity contribution in [3.63, 3.8) is 0 Å². The summed E-state index contributed by atoms with van der Waals surface area (Å²) in [6.07, 6.45) is 1.05. The van der Waals surface area contributed by atoms with E-state index in [2.05, 4.69) is 41.7 Å². The van der Waals surface area contributed by atoms with Gasteiger partial charge in [0.25, 0.3) is 0 Å². The second-order valence-electron chi connectivity index (χ2n) is 3.06. The van der Waals surface area contributed by atoms with Gasteiger partial charge in [0, 0.05) is 16.1 Å². The molecule has 0 saturated carbocycles. The van der Waals surface area contributed by atoms with Gasteiger partial charge in [-0.05, 0) is 6.42 Å². The standard InChI is InChI=1S/C9H14BrNS/c1-4-7-8(5-10)12-9(11-7)6(2)3/h6H,4-5H2,1-3H3. The Morgan fingerprint density at radius 3 is 2.50 bits per heavy atom. The Morgan fingerprint density at radius 2 is 2.17 bits per heavy atom. The highest BCUT2D eigenvalue weighted by molar-refractivity contribution is 9.08. The third-order valence-corrected chi connectivity index (χ3v) is 4.08. The van der Waals surface area contributed by atoms with Crippen molar-refractivity contribution < 1.29 is 0 Å². The first-order chi connectivity index (χ1) is 5.69. The summed E-state index contributed by atoms with van der Waals surface area (Å²) in [7, 11) is 0. The summed E-state index contributed by atoms with van der Waals surface area (Å²) in [6, 6.07) is 0. The third kappa shape index (κ3) is 2.07. The van der Waals surface area contributed by atoms with E-state index in [9.17, 15) is 0 Å². The first-order valence-electron chi connectivity index (χ1n) is 4.23. The topological polar surface area (TPSA) is 12.9 Å². The highest BCUT2D eigenvalue weighted by Gasteiger charge is 2.10. The highest BCUT2D eigenvalue weighted by atomic mass is 79.9. The minimum absolute atomic E-state index is 0.563. The first kappa shape index (κ1) is 10.2. The number of thiazole rings is 1. The molecule has 0 saturated heterocycles. The van der Waals surface area contributed by atoms with Crippen LogP contribution in [0.4, 0.5) is 0 Å². The van der Waals surface area contributed by atoms with Crippen molar-refractivity contribution in [2.24, 2.45) is 0 Å². The van der Waals surface area contributed by atoms with Crippen molar-refractivity contribution in [1.29, 1.82) is 0 Å². The molecule has 0 N–H and O–H groups in total. The van der Waals surface area contributed by atoms with Gasteiger partial charge in [-0.1, -0.05) is 36.7 Å². The van der Waals surface area contributed by atoms with E-state index in [0.717, 1.165) is 11.8 Å². The van der Waals surface area contributed by atoms with Crippen molar-refractivity contribution in [3.05, 3.63) is 15.6 Å². The molecule has 0 fully saturated rings.